The first-order chi connectivity index (χ1) is 12.2. The lowest BCUT2D eigenvalue weighted by molar-refractivity contribution is 0.122. The molecule has 134 valence electrons. The van der Waals surface area contributed by atoms with Gasteiger partial charge in [-0.25, -0.2) is 14.8 Å². The van der Waals surface area contributed by atoms with Crippen molar-refractivity contribution in [1.29, 1.82) is 0 Å². The first-order valence-electron chi connectivity index (χ1n) is 8.40. The zero-order valence-corrected chi connectivity index (χ0v) is 15.4. The van der Waals surface area contributed by atoms with E-state index in [0.29, 0.717) is 12.2 Å². The number of aryl methyl sites for hydroxylation is 1. The van der Waals surface area contributed by atoms with Crippen molar-refractivity contribution in [3.63, 3.8) is 0 Å². The van der Waals surface area contributed by atoms with Crippen molar-refractivity contribution < 1.29 is 9.53 Å². The van der Waals surface area contributed by atoms with Gasteiger partial charge in [0.2, 0.25) is 0 Å². The Balaban J connectivity index is 1.54. The fourth-order valence-corrected chi connectivity index (χ4v) is 3.43. The number of morpholine rings is 1. The first kappa shape index (κ1) is 17.6. The summed E-state index contributed by atoms with van der Waals surface area (Å²) in [6, 6.07) is 3.63. The van der Waals surface area contributed by atoms with Crippen LogP contribution in [0.5, 0.6) is 0 Å². The Bertz CT molecular complexity index is 697. The van der Waals surface area contributed by atoms with Crippen molar-refractivity contribution in [2.45, 2.75) is 19.9 Å². The van der Waals surface area contributed by atoms with E-state index >= 15 is 0 Å². The summed E-state index contributed by atoms with van der Waals surface area (Å²) >= 11 is 1.64. The lowest BCUT2D eigenvalue weighted by Crippen LogP contribution is -2.36. The number of nitrogens with zero attached hydrogens (tertiary/aromatic N) is 4. The first-order valence-corrected chi connectivity index (χ1v) is 9.22. The van der Waals surface area contributed by atoms with Gasteiger partial charge in [-0.3, -0.25) is 0 Å². The number of thiazole rings is 1. The number of urea groups is 1. The number of ether oxygens (including phenoxy) is 1. The highest BCUT2D eigenvalue weighted by Gasteiger charge is 2.14. The summed E-state index contributed by atoms with van der Waals surface area (Å²) < 4.78 is 5.35. The monoisotopic (exact) mass is 361 g/mol. The molecule has 3 rings (SSSR count). The number of hydrogen-bond donors (Lipinski definition) is 1. The van der Waals surface area contributed by atoms with E-state index in [1.807, 2.05) is 18.3 Å². The van der Waals surface area contributed by atoms with Gasteiger partial charge in [0.1, 0.15) is 10.8 Å². The molecule has 0 bridgehead atoms. The quantitative estimate of drug-likeness (QED) is 0.886. The summed E-state index contributed by atoms with van der Waals surface area (Å²) in [5, 5.41) is 3.81. The maximum absolute atomic E-state index is 12.3. The molecule has 2 amide bonds. The Morgan fingerprint density at radius 1 is 1.32 bits per heavy atom. The molecule has 1 aliphatic heterocycles. The molecule has 0 aliphatic carbocycles. The fraction of sp³-hybridized carbons (Fsp3) is 0.471. The van der Waals surface area contributed by atoms with Gasteiger partial charge in [-0.15, -0.1) is 11.3 Å². The van der Waals surface area contributed by atoms with E-state index in [9.17, 15) is 4.79 Å². The number of hydrogen-bond acceptors (Lipinski definition) is 6. The van der Waals surface area contributed by atoms with Gasteiger partial charge in [-0.05, 0) is 18.6 Å². The highest BCUT2D eigenvalue weighted by atomic mass is 32.1. The second-order valence-electron chi connectivity index (χ2n) is 5.86. The molecule has 0 saturated carbocycles. The smallest absolute Gasteiger partial charge is 0.322 e. The average Bonchev–Trinajstić information content (AvgIpc) is 3.10. The molecule has 25 heavy (non-hydrogen) atoms. The van der Waals surface area contributed by atoms with Crippen LogP contribution in [0.15, 0.2) is 24.5 Å². The topological polar surface area (TPSA) is 70.6 Å². The van der Waals surface area contributed by atoms with Gasteiger partial charge >= 0.3 is 6.03 Å². The molecule has 3 heterocycles. The van der Waals surface area contributed by atoms with Crippen LogP contribution in [0.2, 0.25) is 0 Å². The van der Waals surface area contributed by atoms with Crippen molar-refractivity contribution in [2.75, 3.05) is 43.6 Å². The third kappa shape index (κ3) is 4.67. The molecule has 0 spiro atoms. The van der Waals surface area contributed by atoms with E-state index in [0.717, 1.165) is 43.5 Å². The Morgan fingerprint density at radius 3 is 2.76 bits per heavy atom. The van der Waals surface area contributed by atoms with E-state index in [1.165, 1.54) is 4.88 Å². The number of nitrogens with one attached hydrogen (secondary N) is 1. The van der Waals surface area contributed by atoms with Crippen molar-refractivity contribution in [1.82, 2.24) is 14.9 Å². The molecule has 0 unspecified atom stereocenters. The zero-order valence-electron chi connectivity index (χ0n) is 14.6. The number of carbonyl (C=O) groups is 1. The lowest BCUT2D eigenvalue weighted by Gasteiger charge is -2.27. The average molecular weight is 361 g/mol. The fourth-order valence-electron chi connectivity index (χ4n) is 2.52. The highest BCUT2D eigenvalue weighted by molar-refractivity contribution is 7.11. The van der Waals surface area contributed by atoms with Crippen molar-refractivity contribution in [2.24, 2.45) is 0 Å². The van der Waals surface area contributed by atoms with Gasteiger partial charge in [0.15, 0.2) is 0 Å². The molecule has 1 fully saturated rings. The number of amides is 2. The number of aromatic nitrogens is 2. The maximum Gasteiger partial charge on any atom is 0.322 e. The summed E-state index contributed by atoms with van der Waals surface area (Å²) in [5.41, 5.74) is 0.683. The molecule has 0 aromatic carbocycles. The summed E-state index contributed by atoms with van der Waals surface area (Å²) in [5.74, 6) is 0.907. The van der Waals surface area contributed by atoms with Crippen LogP contribution >= 0.6 is 11.3 Å². The predicted molar refractivity (Wildman–Crippen MR) is 99.2 cm³/mol. The van der Waals surface area contributed by atoms with Crippen molar-refractivity contribution in [3.05, 3.63) is 34.4 Å². The van der Waals surface area contributed by atoms with E-state index in [2.05, 4.69) is 27.1 Å². The molecule has 1 saturated heterocycles. The highest BCUT2D eigenvalue weighted by Crippen LogP contribution is 2.17. The number of carbonyl (C=O) groups excluding carboxylic acids is 1. The lowest BCUT2D eigenvalue weighted by atomic mass is 10.3. The largest absolute Gasteiger partial charge is 0.378 e. The molecular weight excluding hydrogens is 338 g/mol. The molecule has 1 N–H and O–H groups in total. The molecule has 0 atom stereocenters. The minimum Gasteiger partial charge on any atom is -0.378 e. The molecule has 7 nitrogen and oxygen atoms in total. The van der Waals surface area contributed by atoms with Crippen LogP contribution in [0.25, 0.3) is 0 Å². The van der Waals surface area contributed by atoms with Crippen molar-refractivity contribution >= 4 is 28.9 Å². The van der Waals surface area contributed by atoms with E-state index < -0.39 is 0 Å². The second kappa shape index (κ2) is 8.26. The van der Waals surface area contributed by atoms with Crippen LogP contribution in [0.1, 0.15) is 16.8 Å². The zero-order chi connectivity index (χ0) is 17.6. The van der Waals surface area contributed by atoms with Crippen LogP contribution in [0.4, 0.5) is 16.3 Å². The maximum atomic E-state index is 12.3. The van der Waals surface area contributed by atoms with Gasteiger partial charge in [-0.2, -0.15) is 0 Å². The van der Waals surface area contributed by atoms with E-state index in [-0.39, 0.29) is 6.03 Å². The van der Waals surface area contributed by atoms with Gasteiger partial charge in [0.25, 0.3) is 0 Å². The Morgan fingerprint density at radius 2 is 2.12 bits per heavy atom. The van der Waals surface area contributed by atoms with E-state index in [1.54, 1.807) is 29.5 Å². The molecule has 2 aromatic heterocycles. The van der Waals surface area contributed by atoms with Gasteiger partial charge in [0.05, 0.1) is 31.6 Å². The minimum atomic E-state index is -0.172. The summed E-state index contributed by atoms with van der Waals surface area (Å²) in [6.07, 6.45) is 4.53. The second-order valence-corrected chi connectivity index (χ2v) is 7.06. The van der Waals surface area contributed by atoms with E-state index in [4.69, 9.17) is 4.74 Å². The Labute approximate surface area is 151 Å². The third-order valence-electron chi connectivity index (χ3n) is 4.00. The van der Waals surface area contributed by atoms with Crippen LogP contribution in [0.3, 0.4) is 0 Å². The third-order valence-corrected chi connectivity index (χ3v) is 5.13. The summed E-state index contributed by atoms with van der Waals surface area (Å²) in [6.45, 7) is 5.73. The summed E-state index contributed by atoms with van der Waals surface area (Å²) in [7, 11) is 1.76. The number of rotatable bonds is 5. The van der Waals surface area contributed by atoms with Gasteiger partial charge in [-0.1, -0.05) is 6.92 Å². The van der Waals surface area contributed by atoms with Gasteiger partial charge in [0, 0.05) is 31.2 Å². The molecule has 1 aliphatic rings. The van der Waals surface area contributed by atoms with Crippen LogP contribution in [-0.2, 0) is 17.7 Å². The molecular formula is C17H23N5O2S. The van der Waals surface area contributed by atoms with Crippen LogP contribution in [0, 0.1) is 0 Å². The SMILES string of the molecule is CCc1cnc(CN(C)C(=O)Nc2ccc(N3CCOCC3)nc2)s1. The predicted octanol–water partition coefficient (Wildman–Crippen LogP) is 2.60. The van der Waals surface area contributed by atoms with Crippen molar-refractivity contribution in [3.8, 4) is 0 Å². The number of pyridine rings is 1. The summed E-state index contributed by atoms with van der Waals surface area (Å²) in [4.78, 5) is 26.1. The molecule has 0 radical (unpaired) electrons. The van der Waals surface area contributed by atoms with Crippen LogP contribution < -0.4 is 10.2 Å². The Hall–Kier alpha value is -2.19. The number of anilines is 2. The molecule has 8 heteroatoms. The van der Waals surface area contributed by atoms with Gasteiger partial charge < -0.3 is 19.9 Å². The normalized spacial score (nSPS) is 14.4. The molecule has 2 aromatic rings. The standard InChI is InChI=1S/C17H23N5O2S/c1-3-14-11-19-16(25-14)12-21(2)17(23)20-13-4-5-15(18-10-13)22-6-8-24-9-7-22/h4-5,10-11H,3,6-9,12H2,1-2H3,(H,20,23). The Kier molecular flexibility index (Phi) is 5.83. The van der Waals surface area contributed by atoms with Crippen LogP contribution in [-0.4, -0.2) is 54.2 Å². The minimum absolute atomic E-state index is 0.172.